The molecule has 156 valence electrons. The summed E-state index contributed by atoms with van der Waals surface area (Å²) < 4.78 is 0. The number of hydrogen-bond acceptors (Lipinski definition) is 2. The normalized spacial score (nSPS) is 41.9. The molecule has 0 aromatic carbocycles. The van der Waals surface area contributed by atoms with E-state index in [1.165, 1.54) is 49.7 Å². The van der Waals surface area contributed by atoms with Crippen molar-refractivity contribution >= 4 is 11.5 Å². The molecule has 2 saturated carbocycles. The maximum absolute atomic E-state index is 12.5. The number of allylic oxidation sites excluding steroid dienone is 2. The van der Waals surface area contributed by atoms with Crippen LogP contribution in [0.2, 0.25) is 0 Å². The molecule has 3 heteroatoms. The molecule has 1 amide bonds. The van der Waals surface area contributed by atoms with Crippen LogP contribution in [-0.4, -0.2) is 29.4 Å². The van der Waals surface area contributed by atoms with Gasteiger partial charge in [-0.15, -0.1) is 0 Å². The molecule has 5 rings (SSSR count). The molecule has 1 saturated heterocycles. The number of carbonyl (C=O) groups excluding carboxylic acids is 1. The standard InChI is InChI=1S/C26H36N2O/c1-17-13-18(16-27-15-17)21-7-8-22-20-6-5-19-14-24(29)28(4)12-11-25(19,2)23(20)9-10-26(21,22)3/h7,13,15-16,19-20,22-23H,5-6,8-12,14H2,1-4H3. The first-order chi connectivity index (χ1) is 13.8. The summed E-state index contributed by atoms with van der Waals surface area (Å²) in [6, 6.07) is 2.32. The lowest BCUT2D eigenvalue weighted by Crippen LogP contribution is -2.51. The van der Waals surface area contributed by atoms with Crippen LogP contribution in [0.25, 0.3) is 5.57 Å². The fourth-order valence-corrected chi connectivity index (χ4v) is 7.88. The zero-order valence-corrected chi connectivity index (χ0v) is 18.6. The van der Waals surface area contributed by atoms with E-state index in [1.54, 1.807) is 5.57 Å². The zero-order valence-electron chi connectivity index (χ0n) is 18.6. The topological polar surface area (TPSA) is 33.2 Å². The number of nitrogens with zero attached hydrogens (tertiary/aromatic N) is 2. The number of fused-ring (bicyclic) bond motifs is 5. The second-order valence-corrected chi connectivity index (χ2v) is 11.0. The molecule has 6 unspecified atom stereocenters. The lowest BCUT2D eigenvalue weighted by Gasteiger charge is -2.58. The average molecular weight is 393 g/mol. The van der Waals surface area contributed by atoms with Gasteiger partial charge in [-0.05, 0) is 103 Å². The summed E-state index contributed by atoms with van der Waals surface area (Å²) in [5, 5.41) is 0. The van der Waals surface area contributed by atoms with E-state index < -0.39 is 0 Å². The SMILES string of the molecule is Cc1cncc(C2=CCC3C4CCC5CC(=O)N(C)CCC5(C)C4CCC23C)c1. The van der Waals surface area contributed by atoms with Gasteiger partial charge in [0.15, 0.2) is 0 Å². The Bertz CT molecular complexity index is 860. The van der Waals surface area contributed by atoms with Crippen molar-refractivity contribution in [2.75, 3.05) is 13.6 Å². The molecule has 2 heterocycles. The van der Waals surface area contributed by atoms with Crippen LogP contribution in [0.4, 0.5) is 0 Å². The predicted molar refractivity (Wildman–Crippen MR) is 117 cm³/mol. The van der Waals surface area contributed by atoms with Gasteiger partial charge < -0.3 is 4.90 Å². The Morgan fingerprint density at radius 2 is 1.93 bits per heavy atom. The van der Waals surface area contributed by atoms with Crippen LogP contribution >= 0.6 is 0 Å². The fourth-order valence-electron chi connectivity index (χ4n) is 7.88. The number of rotatable bonds is 1. The Balaban J connectivity index is 1.44. The van der Waals surface area contributed by atoms with Gasteiger partial charge in [-0.1, -0.05) is 19.9 Å². The van der Waals surface area contributed by atoms with Crippen LogP contribution in [-0.2, 0) is 4.79 Å². The average Bonchev–Trinajstić information content (AvgIpc) is 3.00. The Kier molecular flexibility index (Phi) is 4.46. The van der Waals surface area contributed by atoms with Gasteiger partial charge in [0, 0.05) is 32.4 Å². The summed E-state index contributed by atoms with van der Waals surface area (Å²) in [6.07, 6.45) is 14.9. The van der Waals surface area contributed by atoms with Crippen molar-refractivity contribution in [3.63, 3.8) is 0 Å². The van der Waals surface area contributed by atoms with Crippen LogP contribution in [0.15, 0.2) is 24.5 Å². The molecule has 1 aromatic rings. The third-order valence-corrected chi connectivity index (χ3v) is 9.66. The maximum atomic E-state index is 12.5. The van der Waals surface area contributed by atoms with Gasteiger partial charge in [-0.3, -0.25) is 9.78 Å². The van der Waals surface area contributed by atoms with Crippen molar-refractivity contribution in [1.29, 1.82) is 0 Å². The number of aryl methyl sites for hydroxylation is 1. The lowest BCUT2D eigenvalue weighted by atomic mass is 9.46. The first-order valence-corrected chi connectivity index (χ1v) is 11.7. The van der Waals surface area contributed by atoms with Gasteiger partial charge >= 0.3 is 0 Å². The van der Waals surface area contributed by atoms with Crippen LogP contribution in [0, 0.1) is 41.4 Å². The molecule has 0 spiro atoms. The van der Waals surface area contributed by atoms with E-state index in [1.807, 2.05) is 18.1 Å². The summed E-state index contributed by atoms with van der Waals surface area (Å²) in [4.78, 5) is 19.0. The molecule has 1 aliphatic heterocycles. The minimum Gasteiger partial charge on any atom is -0.346 e. The highest BCUT2D eigenvalue weighted by atomic mass is 16.2. The number of amides is 1. The van der Waals surface area contributed by atoms with Crippen LogP contribution < -0.4 is 0 Å². The van der Waals surface area contributed by atoms with Crippen LogP contribution in [0.1, 0.15) is 69.9 Å². The Hall–Kier alpha value is -1.64. The third-order valence-electron chi connectivity index (χ3n) is 9.66. The van der Waals surface area contributed by atoms with E-state index in [0.29, 0.717) is 17.2 Å². The molecular formula is C26H36N2O. The second-order valence-electron chi connectivity index (χ2n) is 11.0. The quantitative estimate of drug-likeness (QED) is 0.633. The van der Waals surface area contributed by atoms with Gasteiger partial charge in [0.05, 0.1) is 0 Å². The van der Waals surface area contributed by atoms with Gasteiger partial charge in [-0.2, -0.15) is 0 Å². The molecule has 29 heavy (non-hydrogen) atoms. The number of pyridine rings is 1. The lowest BCUT2D eigenvalue weighted by molar-refractivity contribution is -0.131. The van der Waals surface area contributed by atoms with Crippen LogP contribution in [0.3, 0.4) is 0 Å². The molecule has 1 aromatic heterocycles. The van der Waals surface area contributed by atoms with E-state index in [4.69, 9.17) is 0 Å². The molecule has 0 radical (unpaired) electrons. The number of hydrogen-bond donors (Lipinski definition) is 0. The van der Waals surface area contributed by atoms with Crippen molar-refractivity contribution in [3.05, 3.63) is 35.7 Å². The van der Waals surface area contributed by atoms with Crippen molar-refractivity contribution < 1.29 is 4.79 Å². The number of likely N-dealkylation sites (tertiary alicyclic amines) is 1. The van der Waals surface area contributed by atoms with E-state index in [0.717, 1.165) is 30.7 Å². The molecule has 3 fully saturated rings. The monoisotopic (exact) mass is 392 g/mol. The zero-order chi connectivity index (χ0) is 20.4. The maximum Gasteiger partial charge on any atom is 0.222 e. The Morgan fingerprint density at radius 1 is 1.10 bits per heavy atom. The summed E-state index contributed by atoms with van der Waals surface area (Å²) in [6.45, 7) is 8.16. The smallest absolute Gasteiger partial charge is 0.222 e. The Labute approximate surface area is 176 Å². The molecule has 3 aliphatic carbocycles. The van der Waals surface area contributed by atoms with E-state index in [9.17, 15) is 4.79 Å². The molecule has 0 N–H and O–H groups in total. The number of carbonyl (C=O) groups is 1. The summed E-state index contributed by atoms with van der Waals surface area (Å²) in [5.41, 5.74) is 4.77. The molecule has 0 bridgehead atoms. The minimum absolute atomic E-state index is 0.289. The summed E-state index contributed by atoms with van der Waals surface area (Å²) >= 11 is 0. The highest BCUT2D eigenvalue weighted by molar-refractivity contribution is 5.76. The molecule has 3 nitrogen and oxygen atoms in total. The summed E-state index contributed by atoms with van der Waals surface area (Å²) in [7, 11) is 2.00. The Morgan fingerprint density at radius 3 is 2.72 bits per heavy atom. The number of aromatic nitrogens is 1. The fraction of sp³-hybridized carbons (Fsp3) is 0.692. The van der Waals surface area contributed by atoms with Gasteiger partial charge in [0.25, 0.3) is 0 Å². The van der Waals surface area contributed by atoms with Crippen LogP contribution in [0.5, 0.6) is 0 Å². The van der Waals surface area contributed by atoms with E-state index in [-0.39, 0.29) is 5.41 Å². The van der Waals surface area contributed by atoms with E-state index >= 15 is 0 Å². The first-order valence-electron chi connectivity index (χ1n) is 11.7. The highest BCUT2D eigenvalue weighted by Crippen LogP contribution is 2.66. The predicted octanol–water partition coefficient (Wildman–Crippen LogP) is 5.49. The molecule has 6 atom stereocenters. The minimum atomic E-state index is 0.289. The highest BCUT2D eigenvalue weighted by Gasteiger charge is 2.58. The van der Waals surface area contributed by atoms with Gasteiger partial charge in [0.1, 0.15) is 0 Å². The largest absolute Gasteiger partial charge is 0.346 e. The first kappa shape index (κ1) is 19.3. The second kappa shape index (κ2) is 6.68. The van der Waals surface area contributed by atoms with Gasteiger partial charge in [-0.25, -0.2) is 0 Å². The third kappa shape index (κ3) is 2.83. The van der Waals surface area contributed by atoms with Crippen molar-refractivity contribution in [2.45, 2.75) is 65.7 Å². The summed E-state index contributed by atoms with van der Waals surface area (Å²) in [5.74, 6) is 3.29. The van der Waals surface area contributed by atoms with Gasteiger partial charge in [0.2, 0.25) is 5.91 Å². The molecule has 4 aliphatic rings. The van der Waals surface area contributed by atoms with E-state index in [2.05, 4.69) is 44.1 Å². The molecular weight excluding hydrogens is 356 g/mol. The van der Waals surface area contributed by atoms with Crippen molar-refractivity contribution in [1.82, 2.24) is 9.88 Å². The van der Waals surface area contributed by atoms with Crippen molar-refractivity contribution in [3.8, 4) is 0 Å². The van der Waals surface area contributed by atoms with Crippen molar-refractivity contribution in [2.24, 2.45) is 34.5 Å².